The van der Waals surface area contributed by atoms with E-state index in [2.05, 4.69) is 10.3 Å². The molecule has 1 aromatic carbocycles. The number of nitrogens with zero attached hydrogens (tertiary/aromatic N) is 1. The molecule has 0 fully saturated rings. The lowest BCUT2D eigenvalue weighted by atomic mass is 10.1. The number of aliphatic hydroxyl groups excluding tert-OH is 1. The molecule has 0 heterocycles. The van der Waals surface area contributed by atoms with Gasteiger partial charge in [-0.25, -0.2) is 0 Å². The molecule has 0 aliphatic carbocycles. The molecule has 21 heavy (non-hydrogen) atoms. The summed E-state index contributed by atoms with van der Waals surface area (Å²) >= 11 is 0. The Morgan fingerprint density at radius 3 is 2.52 bits per heavy atom. The molecule has 0 aliphatic rings. The Morgan fingerprint density at radius 2 is 1.95 bits per heavy atom. The van der Waals surface area contributed by atoms with Crippen molar-refractivity contribution in [3.8, 4) is 0 Å². The minimum atomic E-state index is -0.654. The molecule has 0 radical (unpaired) electrons. The first-order valence-electron chi connectivity index (χ1n) is 6.74. The highest BCUT2D eigenvalue weighted by molar-refractivity contribution is 14.0. The number of rotatable bonds is 6. The largest absolute Gasteiger partial charge is 0.389 e. The van der Waals surface area contributed by atoms with Crippen LogP contribution in [0.15, 0.2) is 35.3 Å². The average Bonchev–Trinajstić information content (AvgIpc) is 2.36. The molecule has 0 bridgehead atoms. The summed E-state index contributed by atoms with van der Waals surface area (Å²) in [5.41, 5.74) is 6.66. The molecule has 5 nitrogen and oxygen atoms in total. The third-order valence-corrected chi connectivity index (χ3v) is 2.40. The van der Waals surface area contributed by atoms with Crippen molar-refractivity contribution in [1.29, 1.82) is 0 Å². The number of ether oxygens (including phenoxy) is 1. The zero-order valence-electron chi connectivity index (χ0n) is 12.9. The Kier molecular flexibility index (Phi) is 9.56. The van der Waals surface area contributed by atoms with Gasteiger partial charge in [-0.15, -0.1) is 24.0 Å². The molecule has 0 aromatic heterocycles. The van der Waals surface area contributed by atoms with Crippen molar-refractivity contribution >= 4 is 29.9 Å². The van der Waals surface area contributed by atoms with Crippen molar-refractivity contribution in [2.24, 2.45) is 10.7 Å². The van der Waals surface area contributed by atoms with Gasteiger partial charge in [-0.3, -0.25) is 4.99 Å². The minimum absolute atomic E-state index is 0. The molecule has 120 valence electrons. The summed E-state index contributed by atoms with van der Waals surface area (Å²) in [7, 11) is 0. The van der Waals surface area contributed by atoms with Gasteiger partial charge in [0.2, 0.25) is 0 Å². The van der Waals surface area contributed by atoms with Crippen LogP contribution in [0, 0.1) is 0 Å². The quantitative estimate of drug-likeness (QED) is 0.382. The minimum Gasteiger partial charge on any atom is -0.389 e. The number of guanidine groups is 1. The van der Waals surface area contributed by atoms with Gasteiger partial charge < -0.3 is 20.9 Å². The van der Waals surface area contributed by atoms with Gasteiger partial charge in [0.25, 0.3) is 0 Å². The predicted octanol–water partition coefficient (Wildman–Crippen LogP) is 1.88. The molecule has 6 heteroatoms. The van der Waals surface area contributed by atoms with Gasteiger partial charge in [0.05, 0.1) is 25.9 Å². The zero-order chi connectivity index (χ0) is 15.0. The Bertz CT molecular complexity index is 419. The van der Waals surface area contributed by atoms with Crippen LogP contribution >= 0.6 is 24.0 Å². The smallest absolute Gasteiger partial charge is 0.189 e. The summed E-state index contributed by atoms with van der Waals surface area (Å²) in [5, 5.41) is 12.8. The molecule has 1 unspecified atom stereocenters. The molecule has 4 N–H and O–H groups in total. The van der Waals surface area contributed by atoms with E-state index in [1.165, 1.54) is 0 Å². The highest BCUT2D eigenvalue weighted by Crippen LogP contribution is 2.01. The summed E-state index contributed by atoms with van der Waals surface area (Å²) in [4.78, 5) is 4.09. The van der Waals surface area contributed by atoms with Crippen LogP contribution in [0.4, 0.5) is 0 Å². The number of hydrogen-bond acceptors (Lipinski definition) is 3. The second-order valence-corrected chi connectivity index (χ2v) is 5.76. The lowest BCUT2D eigenvalue weighted by Crippen LogP contribution is -2.45. The van der Waals surface area contributed by atoms with Crippen LogP contribution in [0.2, 0.25) is 0 Å². The third kappa shape index (κ3) is 10.5. The fourth-order valence-electron chi connectivity index (χ4n) is 1.57. The monoisotopic (exact) mass is 407 g/mol. The fraction of sp³-hybridized carbons (Fsp3) is 0.533. The molecule has 1 aromatic rings. The van der Waals surface area contributed by atoms with Crippen LogP contribution in [0.3, 0.4) is 0 Å². The van der Waals surface area contributed by atoms with Gasteiger partial charge in [-0.2, -0.15) is 0 Å². The summed E-state index contributed by atoms with van der Waals surface area (Å²) in [6, 6.07) is 9.83. The summed E-state index contributed by atoms with van der Waals surface area (Å²) in [6.45, 7) is 6.93. The van der Waals surface area contributed by atoms with E-state index in [4.69, 9.17) is 10.5 Å². The maximum Gasteiger partial charge on any atom is 0.189 e. The van der Waals surface area contributed by atoms with Gasteiger partial charge >= 0.3 is 0 Å². The highest BCUT2D eigenvalue weighted by Gasteiger charge is 2.10. The molecule has 0 amide bonds. The zero-order valence-corrected chi connectivity index (χ0v) is 15.2. The number of benzene rings is 1. The maximum atomic E-state index is 9.76. The molecular formula is C15H26IN3O2. The third-order valence-electron chi connectivity index (χ3n) is 2.40. The van der Waals surface area contributed by atoms with Crippen LogP contribution in [-0.4, -0.2) is 35.9 Å². The molecule has 1 rings (SSSR count). The molecule has 0 aliphatic heterocycles. The van der Waals surface area contributed by atoms with Crippen LogP contribution in [-0.2, 0) is 11.3 Å². The second-order valence-electron chi connectivity index (χ2n) is 5.76. The Morgan fingerprint density at radius 1 is 1.33 bits per heavy atom. The lowest BCUT2D eigenvalue weighted by Gasteiger charge is -2.21. The van der Waals surface area contributed by atoms with Crippen molar-refractivity contribution < 1.29 is 9.84 Å². The van der Waals surface area contributed by atoms with Crippen LogP contribution in [0.1, 0.15) is 26.3 Å². The first-order chi connectivity index (χ1) is 9.37. The fourth-order valence-corrected chi connectivity index (χ4v) is 1.57. The van der Waals surface area contributed by atoms with E-state index in [1.54, 1.807) is 0 Å². The van der Waals surface area contributed by atoms with Crippen molar-refractivity contribution in [1.82, 2.24) is 5.32 Å². The van der Waals surface area contributed by atoms with Crippen LogP contribution in [0.5, 0.6) is 0 Å². The first-order valence-corrected chi connectivity index (χ1v) is 6.74. The van der Waals surface area contributed by atoms with Gasteiger partial charge in [0.1, 0.15) is 0 Å². The Balaban J connectivity index is 0.00000400. The van der Waals surface area contributed by atoms with E-state index in [0.29, 0.717) is 12.6 Å². The van der Waals surface area contributed by atoms with Crippen molar-refractivity contribution in [2.75, 3.05) is 13.2 Å². The van der Waals surface area contributed by atoms with E-state index >= 15 is 0 Å². The van der Waals surface area contributed by atoms with Gasteiger partial charge in [-0.05, 0) is 26.3 Å². The van der Waals surface area contributed by atoms with Gasteiger partial charge in [-0.1, -0.05) is 30.3 Å². The maximum absolute atomic E-state index is 9.76. The molecule has 0 spiro atoms. The summed E-state index contributed by atoms with van der Waals surface area (Å²) < 4.78 is 5.43. The number of nitrogens with one attached hydrogen (secondary N) is 1. The predicted molar refractivity (Wildman–Crippen MR) is 96.9 cm³/mol. The number of aliphatic imine (C=N–C) groups is 1. The SMILES string of the molecule is CC(C)(C)NC(N)=NCC(O)COCc1ccccc1.I. The van der Waals surface area contributed by atoms with E-state index in [-0.39, 0.29) is 42.7 Å². The van der Waals surface area contributed by atoms with E-state index in [0.717, 1.165) is 5.56 Å². The van der Waals surface area contributed by atoms with E-state index < -0.39 is 6.10 Å². The number of halogens is 1. The molecule has 0 saturated heterocycles. The van der Waals surface area contributed by atoms with Crippen molar-refractivity contribution in [2.45, 2.75) is 39.0 Å². The number of hydrogen-bond donors (Lipinski definition) is 3. The van der Waals surface area contributed by atoms with Crippen molar-refractivity contribution in [3.05, 3.63) is 35.9 Å². The summed E-state index contributed by atoms with van der Waals surface area (Å²) in [5.74, 6) is 0.333. The topological polar surface area (TPSA) is 79.9 Å². The first kappa shape index (κ1) is 20.1. The van der Waals surface area contributed by atoms with E-state index in [1.807, 2.05) is 51.1 Å². The Hall–Kier alpha value is -0.860. The lowest BCUT2D eigenvalue weighted by molar-refractivity contribution is 0.0331. The molecular weight excluding hydrogens is 381 g/mol. The summed E-state index contributed by atoms with van der Waals surface area (Å²) in [6.07, 6.45) is -0.654. The Labute approximate surface area is 144 Å². The second kappa shape index (κ2) is 9.97. The average molecular weight is 407 g/mol. The van der Waals surface area contributed by atoms with Crippen LogP contribution < -0.4 is 11.1 Å². The van der Waals surface area contributed by atoms with E-state index in [9.17, 15) is 5.11 Å². The number of nitrogens with two attached hydrogens (primary N) is 1. The van der Waals surface area contributed by atoms with Gasteiger partial charge in [0, 0.05) is 5.54 Å². The van der Waals surface area contributed by atoms with Crippen LogP contribution in [0.25, 0.3) is 0 Å². The normalized spacial score (nSPS) is 13.4. The molecule has 1 atom stereocenters. The van der Waals surface area contributed by atoms with Crippen molar-refractivity contribution in [3.63, 3.8) is 0 Å². The highest BCUT2D eigenvalue weighted by atomic mass is 127. The number of aliphatic hydroxyl groups is 1. The molecule has 0 saturated carbocycles. The van der Waals surface area contributed by atoms with Gasteiger partial charge in [0.15, 0.2) is 5.96 Å². The standard InChI is InChI=1S/C15H25N3O2.HI/c1-15(2,3)18-14(16)17-9-13(19)11-20-10-12-7-5-4-6-8-12;/h4-8,13,19H,9-11H2,1-3H3,(H3,16,17,18);1H.